The lowest BCUT2D eigenvalue weighted by Crippen LogP contribution is -2.23. The summed E-state index contributed by atoms with van der Waals surface area (Å²) in [7, 11) is -3.87. The highest BCUT2D eigenvalue weighted by molar-refractivity contribution is 7.89. The SMILES string of the molecule is O=S(=O)(NCc1ccc(Cl)cc1Cl)c1cc(Cl)c(Cl)cc1Cl. The molecule has 0 aliphatic carbocycles. The van der Waals surface area contributed by atoms with Crippen LogP contribution >= 0.6 is 58.0 Å². The minimum Gasteiger partial charge on any atom is -0.207 e. The Morgan fingerprint density at radius 3 is 2.09 bits per heavy atom. The molecule has 0 bridgehead atoms. The fraction of sp³-hybridized carbons (Fsp3) is 0.0769. The van der Waals surface area contributed by atoms with Gasteiger partial charge in [-0.2, -0.15) is 0 Å². The highest BCUT2D eigenvalue weighted by Gasteiger charge is 2.20. The van der Waals surface area contributed by atoms with Gasteiger partial charge in [0.2, 0.25) is 10.0 Å². The van der Waals surface area contributed by atoms with Crippen molar-refractivity contribution in [3.63, 3.8) is 0 Å². The molecule has 0 unspecified atom stereocenters. The van der Waals surface area contributed by atoms with Gasteiger partial charge < -0.3 is 0 Å². The van der Waals surface area contributed by atoms with Crippen molar-refractivity contribution < 1.29 is 8.42 Å². The molecule has 0 fully saturated rings. The van der Waals surface area contributed by atoms with Crippen molar-refractivity contribution in [2.75, 3.05) is 0 Å². The molecule has 0 radical (unpaired) electrons. The largest absolute Gasteiger partial charge is 0.242 e. The molecule has 0 aliphatic rings. The van der Waals surface area contributed by atoms with Crippen LogP contribution in [0.2, 0.25) is 25.1 Å². The molecule has 3 nitrogen and oxygen atoms in total. The fourth-order valence-corrected chi connectivity index (χ4v) is 4.11. The van der Waals surface area contributed by atoms with Crippen LogP contribution in [0.5, 0.6) is 0 Å². The monoisotopic (exact) mass is 417 g/mol. The summed E-state index contributed by atoms with van der Waals surface area (Å²) in [5.41, 5.74) is 0.575. The van der Waals surface area contributed by atoms with Crippen LogP contribution < -0.4 is 4.72 Å². The molecule has 0 spiro atoms. The van der Waals surface area contributed by atoms with Gasteiger partial charge in [0.05, 0.1) is 15.1 Å². The zero-order valence-electron chi connectivity index (χ0n) is 10.7. The van der Waals surface area contributed by atoms with E-state index in [0.717, 1.165) is 0 Å². The number of hydrogen-bond acceptors (Lipinski definition) is 2. The third-order valence-electron chi connectivity index (χ3n) is 2.73. The van der Waals surface area contributed by atoms with E-state index < -0.39 is 10.0 Å². The molecule has 0 saturated heterocycles. The van der Waals surface area contributed by atoms with Crippen molar-refractivity contribution in [2.45, 2.75) is 11.4 Å². The minimum atomic E-state index is -3.87. The van der Waals surface area contributed by atoms with Gasteiger partial charge in [0.15, 0.2) is 0 Å². The average Bonchev–Trinajstić information content (AvgIpc) is 2.41. The highest BCUT2D eigenvalue weighted by Crippen LogP contribution is 2.31. The molecule has 0 amide bonds. The number of halogens is 5. The Hall–Kier alpha value is -0.200. The Morgan fingerprint density at radius 2 is 1.45 bits per heavy atom. The van der Waals surface area contributed by atoms with E-state index in [1.54, 1.807) is 12.1 Å². The van der Waals surface area contributed by atoms with Gasteiger partial charge in [0.1, 0.15) is 4.90 Å². The molecular weight excluding hydrogens is 411 g/mol. The number of sulfonamides is 1. The summed E-state index contributed by atoms with van der Waals surface area (Å²) >= 11 is 29.3. The normalized spacial score (nSPS) is 11.7. The van der Waals surface area contributed by atoms with Crippen molar-refractivity contribution >= 4 is 68.0 Å². The van der Waals surface area contributed by atoms with Crippen LogP contribution in [0.25, 0.3) is 0 Å². The summed E-state index contributed by atoms with van der Waals surface area (Å²) < 4.78 is 27.0. The van der Waals surface area contributed by atoms with Gasteiger partial charge in [-0.1, -0.05) is 64.1 Å². The van der Waals surface area contributed by atoms with Crippen molar-refractivity contribution in [2.24, 2.45) is 0 Å². The Kier molecular flexibility index (Phi) is 5.89. The van der Waals surface area contributed by atoms with Crippen LogP contribution in [0.1, 0.15) is 5.56 Å². The topological polar surface area (TPSA) is 46.2 Å². The molecule has 1 N–H and O–H groups in total. The Labute approximate surface area is 153 Å². The molecule has 9 heteroatoms. The first-order valence-corrected chi connectivity index (χ1v) is 9.16. The number of rotatable bonds is 4. The lowest BCUT2D eigenvalue weighted by molar-refractivity contribution is 0.581. The van der Waals surface area contributed by atoms with Gasteiger partial charge in [-0.05, 0) is 29.8 Å². The molecule has 0 heterocycles. The second-order valence-corrected chi connectivity index (χ2v) is 8.06. The maximum atomic E-state index is 12.3. The summed E-state index contributed by atoms with van der Waals surface area (Å²) in [5.74, 6) is 0. The molecule has 0 saturated carbocycles. The lowest BCUT2D eigenvalue weighted by atomic mass is 10.2. The van der Waals surface area contributed by atoms with E-state index in [2.05, 4.69) is 4.72 Å². The summed E-state index contributed by atoms with van der Waals surface area (Å²) in [6.45, 7) is -0.0189. The molecule has 2 aromatic rings. The fourth-order valence-electron chi connectivity index (χ4n) is 1.63. The van der Waals surface area contributed by atoms with Gasteiger partial charge in [-0.25, -0.2) is 13.1 Å². The van der Waals surface area contributed by atoms with Crippen LogP contribution in [0.4, 0.5) is 0 Å². The molecule has 0 atom stereocenters. The van der Waals surface area contributed by atoms with Gasteiger partial charge in [0, 0.05) is 16.6 Å². The third kappa shape index (κ3) is 4.20. The van der Waals surface area contributed by atoms with Crippen molar-refractivity contribution in [3.8, 4) is 0 Å². The first-order chi connectivity index (χ1) is 10.2. The molecule has 0 aromatic heterocycles. The zero-order valence-corrected chi connectivity index (χ0v) is 15.3. The molecule has 2 rings (SSSR count). The van der Waals surface area contributed by atoms with Crippen molar-refractivity contribution in [3.05, 3.63) is 61.0 Å². The van der Waals surface area contributed by atoms with E-state index in [1.165, 1.54) is 18.2 Å². The quantitative estimate of drug-likeness (QED) is 0.672. The highest BCUT2D eigenvalue weighted by atomic mass is 35.5. The van der Waals surface area contributed by atoms with Crippen LogP contribution in [-0.2, 0) is 16.6 Å². The van der Waals surface area contributed by atoms with E-state index in [-0.39, 0.29) is 26.5 Å². The zero-order chi connectivity index (χ0) is 16.5. The molecule has 2 aromatic carbocycles. The Bertz CT molecular complexity index is 823. The van der Waals surface area contributed by atoms with Crippen LogP contribution in [0, 0.1) is 0 Å². The summed E-state index contributed by atoms with van der Waals surface area (Å²) in [6.07, 6.45) is 0. The van der Waals surface area contributed by atoms with Crippen LogP contribution in [-0.4, -0.2) is 8.42 Å². The van der Waals surface area contributed by atoms with Crippen LogP contribution in [0.3, 0.4) is 0 Å². The lowest BCUT2D eigenvalue weighted by Gasteiger charge is -2.10. The van der Waals surface area contributed by atoms with Gasteiger partial charge >= 0.3 is 0 Å². The first kappa shape index (κ1) is 18.1. The number of hydrogen-bond donors (Lipinski definition) is 1. The van der Waals surface area contributed by atoms with Crippen molar-refractivity contribution in [1.29, 1.82) is 0 Å². The maximum Gasteiger partial charge on any atom is 0.242 e. The molecular formula is C13H8Cl5NO2S. The predicted octanol–water partition coefficient (Wildman–Crippen LogP) is 5.43. The van der Waals surface area contributed by atoms with Gasteiger partial charge in [-0.15, -0.1) is 0 Å². The van der Waals surface area contributed by atoms with Crippen molar-refractivity contribution in [1.82, 2.24) is 4.72 Å². The number of benzene rings is 2. The minimum absolute atomic E-state index is 0.0189. The van der Waals surface area contributed by atoms with Gasteiger partial charge in [0.25, 0.3) is 0 Å². The maximum absolute atomic E-state index is 12.3. The summed E-state index contributed by atoms with van der Waals surface area (Å²) in [5, 5.41) is 1.06. The van der Waals surface area contributed by atoms with E-state index in [9.17, 15) is 8.42 Å². The number of nitrogens with one attached hydrogen (secondary N) is 1. The van der Waals surface area contributed by atoms with E-state index in [0.29, 0.717) is 15.6 Å². The second-order valence-electron chi connectivity index (χ2n) is 4.26. The Morgan fingerprint density at radius 1 is 0.818 bits per heavy atom. The summed E-state index contributed by atoms with van der Waals surface area (Å²) in [4.78, 5) is -0.159. The van der Waals surface area contributed by atoms with E-state index in [4.69, 9.17) is 58.0 Å². The van der Waals surface area contributed by atoms with E-state index in [1.807, 2.05) is 0 Å². The summed E-state index contributed by atoms with van der Waals surface area (Å²) in [6, 6.07) is 7.24. The average molecular weight is 420 g/mol. The third-order valence-corrected chi connectivity index (χ3v) is 5.91. The van der Waals surface area contributed by atoms with Crippen LogP contribution in [0.15, 0.2) is 35.2 Å². The predicted molar refractivity (Wildman–Crippen MR) is 92.0 cm³/mol. The standard InChI is InChI=1S/C13H8Cl5NO2S/c14-8-2-1-7(9(15)3-8)6-19-22(20,21)13-5-11(17)10(16)4-12(13)18/h1-5,19H,6H2. The van der Waals surface area contributed by atoms with Gasteiger partial charge in [-0.3, -0.25) is 0 Å². The Balaban J connectivity index is 2.27. The smallest absolute Gasteiger partial charge is 0.207 e. The van der Waals surface area contributed by atoms with E-state index >= 15 is 0 Å². The first-order valence-electron chi connectivity index (χ1n) is 5.79. The molecule has 118 valence electrons. The molecule has 0 aliphatic heterocycles. The second kappa shape index (κ2) is 7.14. The molecule has 22 heavy (non-hydrogen) atoms.